The van der Waals surface area contributed by atoms with Crippen LogP contribution in [-0.2, 0) is 0 Å². The number of carbonyl (C=O) groups excluding carboxylic acids is 3. The number of nitrogens with zero attached hydrogens (tertiary/aromatic N) is 1. The Bertz CT molecular complexity index is 970. The molecule has 2 aromatic carbocycles. The fourth-order valence-electron chi connectivity index (χ4n) is 2.20. The van der Waals surface area contributed by atoms with Gasteiger partial charge in [0.15, 0.2) is 5.69 Å². The van der Waals surface area contributed by atoms with Crippen molar-refractivity contribution in [2.24, 2.45) is 0 Å². The highest BCUT2D eigenvalue weighted by Crippen LogP contribution is 2.10. The molecule has 3 rings (SSSR count). The first kappa shape index (κ1) is 18.2. The summed E-state index contributed by atoms with van der Waals surface area (Å²) in [5.41, 5.74) is 5.17. The molecule has 0 aliphatic rings. The summed E-state index contributed by atoms with van der Waals surface area (Å²) in [7, 11) is 0. The minimum Gasteiger partial charge on any atom is -0.340 e. The predicted molar refractivity (Wildman–Crippen MR) is 99.4 cm³/mol. The number of carbonyl (C=O) groups is 3. The Hall–Kier alpha value is -3.65. The van der Waals surface area contributed by atoms with Gasteiger partial charge in [0.1, 0.15) is 5.69 Å². The van der Waals surface area contributed by atoms with Gasteiger partial charge in [-0.3, -0.25) is 25.2 Å². The Kier molecular flexibility index (Phi) is 5.48. The lowest BCUT2D eigenvalue weighted by molar-refractivity contribution is 0.0842. The van der Waals surface area contributed by atoms with Crippen LogP contribution in [0.25, 0.3) is 0 Å². The lowest BCUT2D eigenvalue weighted by atomic mass is 10.2. The molecule has 0 aliphatic carbocycles. The van der Waals surface area contributed by atoms with Crippen molar-refractivity contribution in [2.45, 2.75) is 0 Å². The number of H-pyrrole nitrogens is 1. The normalized spacial score (nSPS) is 10.1. The third-order valence-corrected chi connectivity index (χ3v) is 3.76. The molecular weight excluding hydrogens is 370 g/mol. The molecule has 9 heteroatoms. The van der Waals surface area contributed by atoms with Crippen molar-refractivity contribution in [1.82, 2.24) is 20.8 Å². The molecule has 8 nitrogen and oxygen atoms in total. The van der Waals surface area contributed by atoms with Gasteiger partial charge in [0, 0.05) is 16.3 Å². The molecule has 0 spiro atoms. The van der Waals surface area contributed by atoms with Gasteiger partial charge in [-0.15, -0.1) is 0 Å². The molecular formula is C18H14ClN5O3. The molecule has 136 valence electrons. The average Bonchev–Trinajstić information content (AvgIpc) is 3.17. The fourth-order valence-corrected chi connectivity index (χ4v) is 2.33. The third kappa shape index (κ3) is 4.50. The first-order valence-electron chi connectivity index (χ1n) is 7.80. The van der Waals surface area contributed by atoms with E-state index in [1.165, 1.54) is 18.5 Å². The minimum atomic E-state index is -0.739. The Labute approximate surface area is 158 Å². The maximum atomic E-state index is 12.3. The molecule has 3 aromatic rings. The zero-order valence-corrected chi connectivity index (χ0v) is 14.6. The van der Waals surface area contributed by atoms with Crippen LogP contribution in [0.5, 0.6) is 0 Å². The van der Waals surface area contributed by atoms with Crippen LogP contribution >= 0.6 is 11.6 Å². The van der Waals surface area contributed by atoms with Crippen LogP contribution in [0.15, 0.2) is 60.9 Å². The van der Waals surface area contributed by atoms with Crippen molar-refractivity contribution in [3.8, 4) is 0 Å². The van der Waals surface area contributed by atoms with Gasteiger partial charge < -0.3 is 10.3 Å². The number of rotatable bonds is 4. The SMILES string of the molecule is O=C(NNC(=O)c1nc[nH]c1C(=O)Nc1ccccc1)c1ccc(Cl)cc1. The number of aromatic amines is 1. The number of aromatic nitrogens is 2. The molecule has 1 aromatic heterocycles. The molecule has 0 fully saturated rings. The molecule has 0 atom stereocenters. The van der Waals surface area contributed by atoms with Crippen LogP contribution in [-0.4, -0.2) is 27.7 Å². The number of halogens is 1. The number of hydrogen-bond donors (Lipinski definition) is 4. The second kappa shape index (κ2) is 8.15. The number of benzene rings is 2. The average molecular weight is 384 g/mol. The van der Waals surface area contributed by atoms with Gasteiger partial charge in [-0.1, -0.05) is 29.8 Å². The molecule has 0 unspecified atom stereocenters. The van der Waals surface area contributed by atoms with Crippen molar-refractivity contribution in [2.75, 3.05) is 5.32 Å². The van der Waals surface area contributed by atoms with Crippen LogP contribution in [0.3, 0.4) is 0 Å². The standard InChI is InChI=1S/C18H14ClN5O3/c19-12-8-6-11(7-9-12)16(25)23-24-18(27)15-14(20-10-21-15)17(26)22-13-4-2-1-3-5-13/h1-10H,(H,20,21)(H,22,26)(H,23,25)(H,24,27). The molecule has 0 aliphatic heterocycles. The minimum absolute atomic E-state index is 0.0305. The first-order chi connectivity index (χ1) is 13.0. The number of hydrazine groups is 1. The summed E-state index contributed by atoms with van der Waals surface area (Å²) in [6, 6.07) is 14.9. The summed E-state index contributed by atoms with van der Waals surface area (Å²) in [4.78, 5) is 43.1. The largest absolute Gasteiger partial charge is 0.340 e. The van der Waals surface area contributed by atoms with Crippen LogP contribution < -0.4 is 16.2 Å². The van der Waals surface area contributed by atoms with Crippen molar-refractivity contribution in [3.63, 3.8) is 0 Å². The Morgan fingerprint density at radius 3 is 2.22 bits per heavy atom. The van der Waals surface area contributed by atoms with Gasteiger partial charge in [0.25, 0.3) is 17.7 Å². The lowest BCUT2D eigenvalue weighted by Crippen LogP contribution is -2.42. The van der Waals surface area contributed by atoms with Crippen molar-refractivity contribution >= 4 is 35.0 Å². The topological polar surface area (TPSA) is 116 Å². The molecule has 27 heavy (non-hydrogen) atoms. The van der Waals surface area contributed by atoms with E-state index >= 15 is 0 Å². The number of para-hydroxylation sites is 1. The maximum absolute atomic E-state index is 12.3. The van der Waals surface area contributed by atoms with Crippen LogP contribution in [0, 0.1) is 0 Å². The number of anilines is 1. The van der Waals surface area contributed by atoms with Gasteiger partial charge >= 0.3 is 0 Å². The van der Waals surface area contributed by atoms with Crippen molar-refractivity contribution in [3.05, 3.63) is 82.9 Å². The molecule has 0 radical (unpaired) electrons. The molecule has 3 amide bonds. The number of imidazole rings is 1. The van der Waals surface area contributed by atoms with Gasteiger partial charge in [-0.25, -0.2) is 4.98 Å². The van der Waals surface area contributed by atoms with E-state index in [9.17, 15) is 14.4 Å². The van der Waals surface area contributed by atoms with Crippen molar-refractivity contribution < 1.29 is 14.4 Å². The van der Waals surface area contributed by atoms with Crippen LogP contribution in [0.1, 0.15) is 31.3 Å². The van der Waals surface area contributed by atoms with E-state index in [1.54, 1.807) is 36.4 Å². The summed E-state index contributed by atoms with van der Waals surface area (Å²) in [6.07, 6.45) is 1.22. The van der Waals surface area contributed by atoms with E-state index in [4.69, 9.17) is 11.6 Å². The van der Waals surface area contributed by atoms with E-state index in [2.05, 4.69) is 26.1 Å². The number of nitrogens with one attached hydrogen (secondary N) is 4. The number of hydrogen-bond acceptors (Lipinski definition) is 4. The Morgan fingerprint density at radius 2 is 1.52 bits per heavy atom. The van der Waals surface area contributed by atoms with E-state index in [0.717, 1.165) is 0 Å². The molecule has 4 N–H and O–H groups in total. The van der Waals surface area contributed by atoms with Gasteiger partial charge in [0.2, 0.25) is 0 Å². The number of amides is 3. The maximum Gasteiger partial charge on any atom is 0.290 e. The monoisotopic (exact) mass is 383 g/mol. The Balaban J connectivity index is 1.64. The van der Waals surface area contributed by atoms with E-state index < -0.39 is 17.7 Å². The van der Waals surface area contributed by atoms with Crippen LogP contribution in [0.2, 0.25) is 5.02 Å². The highest BCUT2D eigenvalue weighted by atomic mass is 35.5. The molecule has 0 saturated heterocycles. The predicted octanol–water partition coefficient (Wildman–Crippen LogP) is 2.39. The van der Waals surface area contributed by atoms with E-state index in [0.29, 0.717) is 16.3 Å². The van der Waals surface area contributed by atoms with Gasteiger partial charge in [0.05, 0.1) is 6.33 Å². The molecule has 1 heterocycles. The molecule has 0 saturated carbocycles. The Morgan fingerprint density at radius 1 is 0.852 bits per heavy atom. The highest BCUT2D eigenvalue weighted by molar-refractivity contribution is 6.30. The fraction of sp³-hybridized carbons (Fsp3) is 0. The van der Waals surface area contributed by atoms with Gasteiger partial charge in [-0.2, -0.15) is 0 Å². The van der Waals surface area contributed by atoms with Crippen molar-refractivity contribution in [1.29, 1.82) is 0 Å². The summed E-state index contributed by atoms with van der Waals surface area (Å²) >= 11 is 5.77. The van der Waals surface area contributed by atoms with Crippen LogP contribution in [0.4, 0.5) is 5.69 Å². The summed E-state index contributed by atoms with van der Waals surface area (Å²) in [5, 5.41) is 3.13. The summed E-state index contributed by atoms with van der Waals surface area (Å²) in [6.45, 7) is 0. The first-order valence-corrected chi connectivity index (χ1v) is 8.18. The third-order valence-electron chi connectivity index (χ3n) is 3.51. The highest BCUT2D eigenvalue weighted by Gasteiger charge is 2.21. The zero-order valence-electron chi connectivity index (χ0n) is 13.8. The zero-order chi connectivity index (χ0) is 19.2. The van der Waals surface area contributed by atoms with E-state index in [1.807, 2.05) is 6.07 Å². The second-order valence-corrected chi connectivity index (χ2v) is 5.80. The smallest absolute Gasteiger partial charge is 0.290 e. The summed E-state index contributed by atoms with van der Waals surface area (Å²) in [5.74, 6) is -1.81. The quantitative estimate of drug-likeness (QED) is 0.517. The summed E-state index contributed by atoms with van der Waals surface area (Å²) < 4.78 is 0. The second-order valence-electron chi connectivity index (χ2n) is 5.36. The van der Waals surface area contributed by atoms with E-state index in [-0.39, 0.29) is 11.4 Å². The molecule has 0 bridgehead atoms. The van der Waals surface area contributed by atoms with Gasteiger partial charge in [-0.05, 0) is 36.4 Å². The lowest BCUT2D eigenvalue weighted by Gasteiger charge is -2.08.